The highest BCUT2D eigenvalue weighted by atomic mass is 16.5. The number of ether oxygens (including phenoxy) is 1. The molecular formula is C19H37NO. The van der Waals surface area contributed by atoms with Gasteiger partial charge in [0, 0.05) is 0 Å². The Hall–Kier alpha value is -0.0800. The van der Waals surface area contributed by atoms with Crippen molar-refractivity contribution in [1.82, 2.24) is 5.32 Å². The second-order valence-corrected chi connectivity index (χ2v) is 8.34. The monoisotopic (exact) mass is 295 g/mol. The van der Waals surface area contributed by atoms with E-state index in [0.717, 1.165) is 5.92 Å². The fourth-order valence-corrected chi connectivity index (χ4v) is 4.06. The van der Waals surface area contributed by atoms with Gasteiger partial charge in [0.15, 0.2) is 0 Å². The van der Waals surface area contributed by atoms with Crippen LogP contribution >= 0.6 is 0 Å². The molecule has 0 unspecified atom stereocenters. The van der Waals surface area contributed by atoms with Gasteiger partial charge < -0.3 is 10.1 Å². The topological polar surface area (TPSA) is 21.3 Å². The maximum atomic E-state index is 6.50. The Morgan fingerprint density at radius 2 is 1.19 bits per heavy atom. The lowest BCUT2D eigenvalue weighted by molar-refractivity contribution is -0.0383. The van der Waals surface area contributed by atoms with Crippen LogP contribution < -0.4 is 5.32 Å². The maximum Gasteiger partial charge on any atom is 0.0579 e. The third-order valence-corrected chi connectivity index (χ3v) is 5.53. The fourth-order valence-electron chi connectivity index (χ4n) is 4.06. The summed E-state index contributed by atoms with van der Waals surface area (Å²) in [5.74, 6) is 0.908. The van der Waals surface area contributed by atoms with Gasteiger partial charge in [0.1, 0.15) is 0 Å². The molecule has 0 aromatic rings. The zero-order valence-electron chi connectivity index (χ0n) is 14.6. The van der Waals surface area contributed by atoms with Crippen molar-refractivity contribution in [1.29, 1.82) is 0 Å². The molecule has 1 heterocycles. The van der Waals surface area contributed by atoms with Crippen LogP contribution in [0.5, 0.6) is 0 Å². The first-order valence-electron chi connectivity index (χ1n) is 9.42. The van der Waals surface area contributed by atoms with Gasteiger partial charge >= 0.3 is 0 Å². The average molecular weight is 296 g/mol. The molecule has 0 aromatic carbocycles. The lowest BCUT2D eigenvalue weighted by Crippen LogP contribution is -2.29. The van der Waals surface area contributed by atoms with E-state index in [1.165, 1.54) is 77.3 Å². The van der Waals surface area contributed by atoms with Crippen molar-refractivity contribution in [3.63, 3.8) is 0 Å². The molecule has 2 aliphatic rings. The molecule has 21 heavy (non-hydrogen) atoms. The van der Waals surface area contributed by atoms with E-state index in [1.54, 1.807) is 0 Å². The highest BCUT2D eigenvalue weighted by Gasteiger charge is 2.27. The molecule has 0 spiro atoms. The summed E-state index contributed by atoms with van der Waals surface area (Å²) in [7, 11) is 0. The molecule has 0 radical (unpaired) electrons. The summed E-state index contributed by atoms with van der Waals surface area (Å²) in [6.07, 6.45) is 14.3. The summed E-state index contributed by atoms with van der Waals surface area (Å²) in [4.78, 5) is 0. The second-order valence-electron chi connectivity index (χ2n) is 8.34. The lowest BCUT2D eigenvalue weighted by atomic mass is 9.74. The number of nitrogens with one attached hydrogen (secondary N) is 1. The van der Waals surface area contributed by atoms with Gasteiger partial charge in [-0.25, -0.2) is 0 Å². The summed E-state index contributed by atoms with van der Waals surface area (Å²) in [5.41, 5.74) is 0.486. The van der Waals surface area contributed by atoms with E-state index in [2.05, 4.69) is 26.1 Å². The number of hydrogen-bond donors (Lipinski definition) is 1. The molecular weight excluding hydrogens is 258 g/mol. The molecule has 0 bridgehead atoms. The molecule has 124 valence electrons. The van der Waals surface area contributed by atoms with Gasteiger partial charge in [0.2, 0.25) is 0 Å². The van der Waals surface area contributed by atoms with E-state index in [9.17, 15) is 0 Å². The Bertz CT molecular complexity index is 266. The largest absolute Gasteiger partial charge is 0.375 e. The maximum absolute atomic E-state index is 6.50. The van der Waals surface area contributed by atoms with Gasteiger partial charge in [-0.1, -0.05) is 33.6 Å². The predicted octanol–water partition coefficient (Wildman–Crippen LogP) is 4.92. The molecule has 0 aromatic heterocycles. The van der Waals surface area contributed by atoms with Crippen molar-refractivity contribution in [2.45, 2.75) is 97.2 Å². The second kappa shape index (κ2) is 8.53. The van der Waals surface area contributed by atoms with Crippen molar-refractivity contribution in [2.75, 3.05) is 13.1 Å². The Balaban J connectivity index is 1.75. The Kier molecular flexibility index (Phi) is 7.01. The molecule has 2 heteroatoms. The van der Waals surface area contributed by atoms with Crippen LogP contribution in [0.1, 0.15) is 85.0 Å². The molecule has 1 aliphatic carbocycles. The first-order chi connectivity index (χ1) is 10.1. The zero-order chi connectivity index (χ0) is 15.1. The van der Waals surface area contributed by atoms with E-state index < -0.39 is 0 Å². The SMILES string of the molecule is CC(C)(C)C1CCCC(OC2CCCNCCC2)CCC1. The summed E-state index contributed by atoms with van der Waals surface area (Å²) in [6.45, 7) is 9.59. The summed E-state index contributed by atoms with van der Waals surface area (Å²) < 4.78 is 6.50. The van der Waals surface area contributed by atoms with E-state index >= 15 is 0 Å². The molecule has 1 saturated carbocycles. The molecule has 0 amide bonds. The van der Waals surface area contributed by atoms with E-state index in [4.69, 9.17) is 4.74 Å². The molecule has 0 atom stereocenters. The summed E-state index contributed by atoms with van der Waals surface area (Å²) in [5, 5.41) is 3.49. The van der Waals surface area contributed by atoms with Gasteiger partial charge in [0.25, 0.3) is 0 Å². The molecule has 2 fully saturated rings. The van der Waals surface area contributed by atoms with Gasteiger partial charge in [-0.3, -0.25) is 0 Å². The van der Waals surface area contributed by atoms with Crippen LogP contribution in [0.2, 0.25) is 0 Å². The standard InChI is InChI=1S/C19H37NO/c1-19(2,3)16-8-4-10-17(11-5-9-16)21-18-12-6-14-20-15-7-13-18/h16-18,20H,4-15H2,1-3H3. The van der Waals surface area contributed by atoms with E-state index in [0.29, 0.717) is 17.6 Å². The first kappa shape index (κ1) is 17.3. The molecule has 1 saturated heterocycles. The van der Waals surface area contributed by atoms with Crippen molar-refractivity contribution in [3.8, 4) is 0 Å². The normalized spacial score (nSPS) is 31.0. The third-order valence-electron chi connectivity index (χ3n) is 5.53. The Morgan fingerprint density at radius 1 is 0.714 bits per heavy atom. The lowest BCUT2D eigenvalue weighted by Gasteiger charge is -2.34. The first-order valence-corrected chi connectivity index (χ1v) is 9.42. The number of hydrogen-bond acceptors (Lipinski definition) is 2. The van der Waals surface area contributed by atoms with E-state index in [1.807, 2.05) is 0 Å². The minimum absolute atomic E-state index is 0.486. The van der Waals surface area contributed by atoms with Crippen LogP contribution in [-0.2, 0) is 4.74 Å². The van der Waals surface area contributed by atoms with E-state index in [-0.39, 0.29) is 0 Å². The van der Waals surface area contributed by atoms with Crippen molar-refractivity contribution < 1.29 is 4.74 Å². The smallest absolute Gasteiger partial charge is 0.0579 e. The summed E-state index contributed by atoms with van der Waals surface area (Å²) in [6, 6.07) is 0. The van der Waals surface area contributed by atoms with Gasteiger partial charge in [-0.05, 0) is 75.8 Å². The zero-order valence-corrected chi connectivity index (χ0v) is 14.6. The Morgan fingerprint density at radius 3 is 1.67 bits per heavy atom. The third kappa shape index (κ3) is 6.28. The van der Waals surface area contributed by atoms with Crippen molar-refractivity contribution >= 4 is 0 Å². The predicted molar refractivity (Wildman–Crippen MR) is 90.6 cm³/mol. The van der Waals surface area contributed by atoms with Gasteiger partial charge in [-0.2, -0.15) is 0 Å². The van der Waals surface area contributed by atoms with Crippen LogP contribution in [0.15, 0.2) is 0 Å². The van der Waals surface area contributed by atoms with Crippen LogP contribution in [-0.4, -0.2) is 25.3 Å². The van der Waals surface area contributed by atoms with Crippen molar-refractivity contribution in [3.05, 3.63) is 0 Å². The average Bonchev–Trinajstić information content (AvgIpc) is 2.33. The van der Waals surface area contributed by atoms with Crippen LogP contribution in [0.4, 0.5) is 0 Å². The molecule has 2 rings (SSSR count). The fraction of sp³-hybridized carbons (Fsp3) is 1.00. The van der Waals surface area contributed by atoms with Crippen molar-refractivity contribution in [2.24, 2.45) is 11.3 Å². The minimum atomic E-state index is 0.486. The minimum Gasteiger partial charge on any atom is -0.375 e. The Labute approximate surface area is 132 Å². The van der Waals surface area contributed by atoms with Crippen LogP contribution in [0.25, 0.3) is 0 Å². The number of rotatable bonds is 2. The van der Waals surface area contributed by atoms with Gasteiger partial charge in [0.05, 0.1) is 12.2 Å². The highest BCUT2D eigenvalue weighted by Crippen LogP contribution is 2.36. The summed E-state index contributed by atoms with van der Waals surface area (Å²) >= 11 is 0. The van der Waals surface area contributed by atoms with Crippen LogP contribution in [0.3, 0.4) is 0 Å². The van der Waals surface area contributed by atoms with Crippen LogP contribution in [0, 0.1) is 11.3 Å². The quantitative estimate of drug-likeness (QED) is 0.780. The molecule has 1 aliphatic heterocycles. The highest BCUT2D eigenvalue weighted by molar-refractivity contribution is 4.78. The molecule has 1 N–H and O–H groups in total. The van der Waals surface area contributed by atoms with Gasteiger partial charge in [-0.15, -0.1) is 0 Å². The molecule has 2 nitrogen and oxygen atoms in total.